The van der Waals surface area contributed by atoms with Crippen LogP contribution in [0.15, 0.2) is 24.3 Å². The van der Waals surface area contributed by atoms with Gasteiger partial charge in [0.2, 0.25) is 5.91 Å². The van der Waals surface area contributed by atoms with Crippen LogP contribution in [-0.2, 0) is 11.2 Å². The van der Waals surface area contributed by atoms with Crippen molar-refractivity contribution < 1.29 is 9.18 Å². The van der Waals surface area contributed by atoms with Gasteiger partial charge in [-0.25, -0.2) is 9.37 Å². The summed E-state index contributed by atoms with van der Waals surface area (Å²) in [4.78, 5) is 16.9. The summed E-state index contributed by atoms with van der Waals surface area (Å²) in [6.07, 6.45) is 1.28. The molecule has 0 aliphatic rings. The molecule has 1 aromatic heterocycles. The highest BCUT2D eigenvalue weighted by atomic mass is 32.1. The zero-order chi connectivity index (χ0) is 14.5. The number of nitrogens with zero attached hydrogens (tertiary/aromatic N) is 1. The summed E-state index contributed by atoms with van der Waals surface area (Å²) in [6, 6.07) is 6.34. The molecule has 20 heavy (non-hydrogen) atoms. The van der Waals surface area contributed by atoms with Crippen LogP contribution < -0.4 is 5.32 Å². The van der Waals surface area contributed by atoms with Gasteiger partial charge in [-0.2, -0.15) is 0 Å². The molecule has 2 aromatic rings. The van der Waals surface area contributed by atoms with E-state index in [1.165, 1.54) is 12.1 Å². The van der Waals surface area contributed by atoms with Crippen molar-refractivity contribution in [2.75, 3.05) is 6.54 Å². The second-order valence-corrected chi connectivity index (χ2v) is 5.57. The molecule has 0 radical (unpaired) electrons. The maximum atomic E-state index is 12.9. The first-order chi connectivity index (χ1) is 9.60. The fourth-order valence-electron chi connectivity index (χ4n) is 1.82. The van der Waals surface area contributed by atoms with Crippen molar-refractivity contribution in [2.24, 2.45) is 0 Å². The number of thiazole rings is 1. The average Bonchev–Trinajstić information content (AvgIpc) is 2.81. The Labute approximate surface area is 121 Å². The first kappa shape index (κ1) is 14.7. The van der Waals surface area contributed by atoms with Crippen LogP contribution in [0.25, 0.3) is 10.6 Å². The van der Waals surface area contributed by atoms with E-state index in [0.29, 0.717) is 13.0 Å². The Kier molecular flexibility index (Phi) is 4.84. The number of nitrogens with one attached hydrogen (secondary N) is 1. The number of hydrogen-bond donors (Lipinski definition) is 1. The molecule has 0 bridgehead atoms. The second-order valence-electron chi connectivity index (χ2n) is 4.49. The van der Waals surface area contributed by atoms with Crippen molar-refractivity contribution in [3.8, 4) is 10.6 Å². The summed E-state index contributed by atoms with van der Waals surface area (Å²) >= 11 is 1.59. The van der Waals surface area contributed by atoms with Gasteiger partial charge in [-0.3, -0.25) is 4.79 Å². The van der Waals surface area contributed by atoms with Gasteiger partial charge in [0.05, 0.1) is 5.69 Å². The maximum absolute atomic E-state index is 12.9. The number of carbonyl (C=O) groups excluding carboxylic acids is 1. The predicted molar refractivity (Wildman–Crippen MR) is 79.2 cm³/mol. The van der Waals surface area contributed by atoms with Crippen LogP contribution >= 0.6 is 11.3 Å². The summed E-state index contributed by atoms with van der Waals surface area (Å²) in [5.74, 6) is -0.185. The van der Waals surface area contributed by atoms with E-state index < -0.39 is 0 Å². The standard InChI is InChI=1S/C15H17FN2OS/c1-3-14(19)17-9-8-13-10(2)18-15(20-13)11-4-6-12(16)7-5-11/h4-7H,3,8-9H2,1-2H3,(H,17,19). The highest BCUT2D eigenvalue weighted by Crippen LogP contribution is 2.28. The molecule has 1 heterocycles. The molecule has 3 nitrogen and oxygen atoms in total. The average molecular weight is 292 g/mol. The number of rotatable bonds is 5. The van der Waals surface area contributed by atoms with E-state index >= 15 is 0 Å². The van der Waals surface area contributed by atoms with Gasteiger partial charge in [0.15, 0.2) is 0 Å². The van der Waals surface area contributed by atoms with Crippen molar-refractivity contribution in [3.63, 3.8) is 0 Å². The predicted octanol–water partition coefficient (Wildman–Crippen LogP) is 3.33. The molecule has 0 fully saturated rings. The first-order valence-electron chi connectivity index (χ1n) is 6.59. The quantitative estimate of drug-likeness (QED) is 0.918. The molecule has 2 rings (SSSR count). The maximum Gasteiger partial charge on any atom is 0.219 e. The van der Waals surface area contributed by atoms with Crippen molar-refractivity contribution in [2.45, 2.75) is 26.7 Å². The number of halogens is 1. The lowest BCUT2D eigenvalue weighted by Gasteiger charge is -2.01. The molecule has 0 saturated heterocycles. The van der Waals surface area contributed by atoms with Gasteiger partial charge in [0.1, 0.15) is 10.8 Å². The normalized spacial score (nSPS) is 10.6. The van der Waals surface area contributed by atoms with Crippen molar-refractivity contribution in [1.29, 1.82) is 0 Å². The fraction of sp³-hybridized carbons (Fsp3) is 0.333. The number of hydrogen-bond acceptors (Lipinski definition) is 3. The molecule has 106 valence electrons. The number of amides is 1. The molecular weight excluding hydrogens is 275 g/mol. The van der Waals surface area contributed by atoms with Crippen LogP contribution in [0, 0.1) is 12.7 Å². The van der Waals surface area contributed by atoms with Crippen LogP contribution in [-0.4, -0.2) is 17.4 Å². The minimum atomic E-state index is -0.246. The number of benzene rings is 1. The van der Waals surface area contributed by atoms with Gasteiger partial charge in [0.25, 0.3) is 0 Å². The Morgan fingerprint density at radius 2 is 2.05 bits per heavy atom. The molecule has 0 aliphatic heterocycles. The minimum absolute atomic E-state index is 0.0610. The van der Waals surface area contributed by atoms with Gasteiger partial charge in [-0.15, -0.1) is 11.3 Å². The van der Waals surface area contributed by atoms with Crippen LogP contribution in [0.2, 0.25) is 0 Å². The van der Waals surface area contributed by atoms with E-state index in [4.69, 9.17) is 0 Å². The Bertz CT molecular complexity index is 592. The monoisotopic (exact) mass is 292 g/mol. The highest BCUT2D eigenvalue weighted by molar-refractivity contribution is 7.15. The lowest BCUT2D eigenvalue weighted by Crippen LogP contribution is -2.24. The lowest BCUT2D eigenvalue weighted by molar-refractivity contribution is -0.120. The third kappa shape index (κ3) is 3.63. The van der Waals surface area contributed by atoms with Crippen LogP contribution in [0.1, 0.15) is 23.9 Å². The van der Waals surface area contributed by atoms with Gasteiger partial charge in [-0.1, -0.05) is 6.92 Å². The van der Waals surface area contributed by atoms with Crippen LogP contribution in [0.3, 0.4) is 0 Å². The second kappa shape index (κ2) is 6.61. The Morgan fingerprint density at radius 3 is 2.70 bits per heavy atom. The molecule has 0 atom stereocenters. The van der Waals surface area contributed by atoms with E-state index in [9.17, 15) is 9.18 Å². The van der Waals surface area contributed by atoms with E-state index in [0.717, 1.165) is 27.6 Å². The number of aryl methyl sites for hydroxylation is 1. The van der Waals surface area contributed by atoms with Crippen molar-refractivity contribution in [3.05, 3.63) is 40.7 Å². The SMILES string of the molecule is CCC(=O)NCCc1sc(-c2ccc(F)cc2)nc1C. The van der Waals surface area contributed by atoms with Gasteiger partial charge < -0.3 is 5.32 Å². The van der Waals surface area contributed by atoms with E-state index in [1.807, 2.05) is 13.8 Å². The smallest absolute Gasteiger partial charge is 0.219 e. The molecule has 0 saturated carbocycles. The summed E-state index contributed by atoms with van der Waals surface area (Å²) in [6.45, 7) is 4.42. The number of aromatic nitrogens is 1. The lowest BCUT2D eigenvalue weighted by atomic mass is 10.2. The molecule has 0 aliphatic carbocycles. The van der Waals surface area contributed by atoms with Crippen molar-refractivity contribution >= 4 is 17.2 Å². The first-order valence-corrected chi connectivity index (χ1v) is 7.40. The highest BCUT2D eigenvalue weighted by Gasteiger charge is 2.09. The Morgan fingerprint density at radius 1 is 1.35 bits per heavy atom. The molecule has 1 N–H and O–H groups in total. The molecular formula is C15H17FN2OS. The molecule has 0 unspecified atom stereocenters. The Hall–Kier alpha value is -1.75. The topological polar surface area (TPSA) is 42.0 Å². The molecule has 0 spiro atoms. The largest absolute Gasteiger partial charge is 0.356 e. The summed E-state index contributed by atoms with van der Waals surface area (Å²) < 4.78 is 12.9. The summed E-state index contributed by atoms with van der Waals surface area (Å²) in [5.41, 5.74) is 1.89. The fourth-order valence-corrected chi connectivity index (χ4v) is 2.88. The van der Waals surface area contributed by atoms with E-state index in [2.05, 4.69) is 10.3 Å². The minimum Gasteiger partial charge on any atom is -0.356 e. The molecule has 1 amide bonds. The summed E-state index contributed by atoms with van der Waals surface area (Å²) in [5, 5.41) is 3.74. The van der Waals surface area contributed by atoms with E-state index in [1.54, 1.807) is 23.5 Å². The van der Waals surface area contributed by atoms with E-state index in [-0.39, 0.29) is 11.7 Å². The summed E-state index contributed by atoms with van der Waals surface area (Å²) in [7, 11) is 0. The third-order valence-corrected chi connectivity index (χ3v) is 4.25. The zero-order valence-corrected chi connectivity index (χ0v) is 12.4. The van der Waals surface area contributed by atoms with Crippen LogP contribution in [0.5, 0.6) is 0 Å². The molecule has 5 heteroatoms. The van der Waals surface area contributed by atoms with Crippen LogP contribution in [0.4, 0.5) is 4.39 Å². The van der Waals surface area contributed by atoms with Gasteiger partial charge in [0, 0.05) is 29.8 Å². The Balaban J connectivity index is 2.05. The number of carbonyl (C=O) groups is 1. The zero-order valence-electron chi connectivity index (χ0n) is 11.6. The van der Waals surface area contributed by atoms with Gasteiger partial charge >= 0.3 is 0 Å². The third-order valence-electron chi connectivity index (χ3n) is 2.98. The van der Waals surface area contributed by atoms with Crippen molar-refractivity contribution in [1.82, 2.24) is 10.3 Å². The van der Waals surface area contributed by atoms with Gasteiger partial charge in [-0.05, 0) is 31.2 Å². The molecule has 1 aromatic carbocycles.